The summed E-state index contributed by atoms with van der Waals surface area (Å²) in [6, 6.07) is 4.09. The molecule has 1 aromatic carbocycles. The lowest BCUT2D eigenvalue weighted by molar-refractivity contribution is -0.170. The third kappa shape index (κ3) is 4.06. The Morgan fingerprint density at radius 3 is 2.70 bits per heavy atom. The average Bonchev–Trinajstić information content (AvgIpc) is 2.39. The number of halogens is 3. The van der Waals surface area contributed by atoms with Crippen LogP contribution in [0.25, 0.3) is 0 Å². The number of anilines is 1. The number of hydrogen-bond donors (Lipinski definition) is 2. The molecule has 0 aliphatic carbocycles. The molecule has 0 bridgehead atoms. The summed E-state index contributed by atoms with van der Waals surface area (Å²) in [5.74, 6) is -6.36. The molecule has 1 amide bonds. The Bertz CT molecular complexity index is 523. The standard InChI is InChI=1S/C12H13ClF2N2O3/c1-2-20-11(19)12(14,15)6-17-10(18)8-5-7(16)3-4-9(8)13/h3-5H,2,6,16H2,1H3,(H,17,18). The Balaban J connectivity index is 2.72. The highest BCUT2D eigenvalue weighted by Crippen LogP contribution is 2.19. The molecule has 0 radical (unpaired) electrons. The molecule has 0 unspecified atom stereocenters. The lowest BCUT2D eigenvalue weighted by atomic mass is 10.2. The van der Waals surface area contributed by atoms with Crippen LogP contribution in [-0.2, 0) is 9.53 Å². The predicted molar refractivity (Wildman–Crippen MR) is 69.8 cm³/mol. The van der Waals surface area contributed by atoms with Gasteiger partial charge in [0.05, 0.1) is 23.7 Å². The first-order valence-electron chi connectivity index (χ1n) is 5.66. The van der Waals surface area contributed by atoms with Crippen molar-refractivity contribution in [2.75, 3.05) is 18.9 Å². The van der Waals surface area contributed by atoms with Crippen LogP contribution >= 0.6 is 11.6 Å². The van der Waals surface area contributed by atoms with Crippen molar-refractivity contribution in [1.29, 1.82) is 0 Å². The number of benzene rings is 1. The summed E-state index contributed by atoms with van der Waals surface area (Å²) in [6.45, 7) is 0.0400. The molecule has 0 spiro atoms. The van der Waals surface area contributed by atoms with E-state index in [9.17, 15) is 18.4 Å². The van der Waals surface area contributed by atoms with E-state index in [0.717, 1.165) is 0 Å². The topological polar surface area (TPSA) is 81.4 Å². The van der Waals surface area contributed by atoms with Gasteiger partial charge < -0.3 is 15.8 Å². The van der Waals surface area contributed by atoms with Crippen LogP contribution in [-0.4, -0.2) is 31.0 Å². The Kier molecular flexibility index (Phi) is 5.26. The fraction of sp³-hybridized carbons (Fsp3) is 0.333. The van der Waals surface area contributed by atoms with Gasteiger partial charge in [0.15, 0.2) is 0 Å². The molecule has 0 fully saturated rings. The first-order chi connectivity index (χ1) is 9.27. The van der Waals surface area contributed by atoms with Gasteiger partial charge in [-0.25, -0.2) is 4.79 Å². The smallest absolute Gasteiger partial charge is 0.378 e. The summed E-state index contributed by atoms with van der Waals surface area (Å²) in [4.78, 5) is 22.7. The summed E-state index contributed by atoms with van der Waals surface area (Å²) < 4.78 is 30.8. The number of nitrogens with two attached hydrogens (primary N) is 1. The lowest BCUT2D eigenvalue weighted by Crippen LogP contribution is -2.43. The highest BCUT2D eigenvalue weighted by atomic mass is 35.5. The number of alkyl halides is 2. The van der Waals surface area contributed by atoms with E-state index in [4.69, 9.17) is 17.3 Å². The largest absolute Gasteiger partial charge is 0.462 e. The summed E-state index contributed by atoms with van der Waals surface area (Å²) >= 11 is 5.76. The van der Waals surface area contributed by atoms with Gasteiger partial charge in [0.2, 0.25) is 0 Å². The third-order valence-electron chi connectivity index (χ3n) is 2.28. The van der Waals surface area contributed by atoms with Crippen LogP contribution in [0.15, 0.2) is 18.2 Å². The highest BCUT2D eigenvalue weighted by Gasteiger charge is 2.40. The van der Waals surface area contributed by atoms with Gasteiger partial charge in [0.1, 0.15) is 0 Å². The quantitative estimate of drug-likeness (QED) is 0.642. The number of carbonyl (C=O) groups is 2. The van der Waals surface area contributed by atoms with Crippen LogP contribution in [0.3, 0.4) is 0 Å². The van der Waals surface area contributed by atoms with Gasteiger partial charge in [-0.05, 0) is 25.1 Å². The van der Waals surface area contributed by atoms with Crippen LogP contribution in [0.1, 0.15) is 17.3 Å². The third-order valence-corrected chi connectivity index (χ3v) is 2.61. The van der Waals surface area contributed by atoms with Gasteiger partial charge in [-0.15, -0.1) is 0 Å². The maximum Gasteiger partial charge on any atom is 0.378 e. The van der Waals surface area contributed by atoms with Crippen molar-refractivity contribution in [3.05, 3.63) is 28.8 Å². The molecule has 1 aromatic rings. The summed E-state index contributed by atoms with van der Waals surface area (Å²) in [6.07, 6.45) is 0. The number of rotatable bonds is 5. The number of carbonyl (C=O) groups excluding carboxylic acids is 2. The second kappa shape index (κ2) is 6.51. The Hall–Kier alpha value is -1.89. The molecule has 0 saturated heterocycles. The fourth-order valence-corrected chi connectivity index (χ4v) is 1.52. The number of nitrogen functional groups attached to an aromatic ring is 1. The highest BCUT2D eigenvalue weighted by molar-refractivity contribution is 6.34. The number of esters is 1. The van der Waals surface area contributed by atoms with Crippen molar-refractivity contribution >= 4 is 29.2 Å². The van der Waals surface area contributed by atoms with Gasteiger partial charge >= 0.3 is 11.9 Å². The molecule has 8 heteroatoms. The van der Waals surface area contributed by atoms with E-state index < -0.39 is 24.3 Å². The molecule has 110 valence electrons. The fourth-order valence-electron chi connectivity index (χ4n) is 1.31. The van der Waals surface area contributed by atoms with Gasteiger partial charge in [0.25, 0.3) is 5.91 Å². The maximum absolute atomic E-state index is 13.3. The van der Waals surface area contributed by atoms with E-state index in [2.05, 4.69) is 4.74 Å². The van der Waals surface area contributed by atoms with Crippen LogP contribution in [0.5, 0.6) is 0 Å². The van der Waals surface area contributed by atoms with Crippen molar-refractivity contribution in [3.63, 3.8) is 0 Å². The minimum Gasteiger partial charge on any atom is -0.462 e. The van der Waals surface area contributed by atoms with Gasteiger partial charge in [-0.3, -0.25) is 4.79 Å². The van der Waals surface area contributed by atoms with Crippen LogP contribution in [0, 0.1) is 0 Å². The van der Waals surface area contributed by atoms with Gasteiger partial charge in [-0.1, -0.05) is 11.6 Å². The molecule has 0 heterocycles. The molecule has 5 nitrogen and oxygen atoms in total. The van der Waals surface area contributed by atoms with E-state index in [-0.39, 0.29) is 22.9 Å². The normalized spacial score (nSPS) is 11.0. The van der Waals surface area contributed by atoms with Crippen molar-refractivity contribution in [2.45, 2.75) is 12.8 Å². The maximum atomic E-state index is 13.3. The predicted octanol–water partition coefficient (Wildman–Crippen LogP) is 1.85. The molecule has 0 aromatic heterocycles. The Morgan fingerprint density at radius 1 is 1.45 bits per heavy atom. The number of amides is 1. The van der Waals surface area contributed by atoms with Crippen molar-refractivity contribution in [1.82, 2.24) is 5.32 Å². The average molecular weight is 307 g/mol. The molecular formula is C12H13ClF2N2O3. The number of nitrogens with one attached hydrogen (secondary N) is 1. The second-order valence-corrected chi connectivity index (χ2v) is 4.25. The number of hydrogen-bond acceptors (Lipinski definition) is 4. The summed E-state index contributed by atoms with van der Waals surface area (Å²) in [7, 11) is 0. The van der Waals surface area contributed by atoms with Crippen LogP contribution < -0.4 is 11.1 Å². The minimum absolute atomic E-state index is 0.0497. The van der Waals surface area contributed by atoms with E-state index in [1.54, 1.807) is 0 Å². The first kappa shape index (κ1) is 16.2. The molecule has 0 aliphatic rings. The van der Waals surface area contributed by atoms with E-state index in [1.165, 1.54) is 25.1 Å². The van der Waals surface area contributed by atoms with E-state index in [1.807, 2.05) is 5.32 Å². The molecular weight excluding hydrogens is 294 g/mol. The Labute approximate surface area is 119 Å². The van der Waals surface area contributed by atoms with E-state index in [0.29, 0.717) is 0 Å². The molecule has 20 heavy (non-hydrogen) atoms. The molecule has 0 aliphatic heterocycles. The SMILES string of the molecule is CCOC(=O)C(F)(F)CNC(=O)c1cc(N)ccc1Cl. The zero-order valence-electron chi connectivity index (χ0n) is 10.6. The number of ether oxygens (including phenoxy) is 1. The monoisotopic (exact) mass is 306 g/mol. The minimum atomic E-state index is -3.81. The lowest BCUT2D eigenvalue weighted by Gasteiger charge is -2.15. The zero-order valence-corrected chi connectivity index (χ0v) is 11.3. The molecule has 3 N–H and O–H groups in total. The van der Waals surface area contributed by atoms with Crippen molar-refractivity contribution < 1.29 is 23.1 Å². The molecule has 1 rings (SSSR count). The summed E-state index contributed by atoms with van der Waals surface area (Å²) in [5.41, 5.74) is 5.69. The van der Waals surface area contributed by atoms with Crippen LogP contribution in [0.2, 0.25) is 5.02 Å². The van der Waals surface area contributed by atoms with Gasteiger partial charge in [0, 0.05) is 5.69 Å². The van der Waals surface area contributed by atoms with E-state index >= 15 is 0 Å². The van der Waals surface area contributed by atoms with Crippen molar-refractivity contribution in [3.8, 4) is 0 Å². The molecule has 0 atom stereocenters. The molecule has 0 saturated carbocycles. The van der Waals surface area contributed by atoms with Crippen LogP contribution in [0.4, 0.5) is 14.5 Å². The Morgan fingerprint density at radius 2 is 2.10 bits per heavy atom. The zero-order chi connectivity index (χ0) is 15.3. The summed E-state index contributed by atoms with van der Waals surface area (Å²) in [5, 5.41) is 1.98. The van der Waals surface area contributed by atoms with Gasteiger partial charge in [-0.2, -0.15) is 8.78 Å². The van der Waals surface area contributed by atoms with Crippen molar-refractivity contribution in [2.24, 2.45) is 0 Å². The first-order valence-corrected chi connectivity index (χ1v) is 6.04. The second-order valence-electron chi connectivity index (χ2n) is 3.85.